The van der Waals surface area contributed by atoms with Gasteiger partial charge in [0.2, 0.25) is 0 Å². The molecule has 0 unspecified atom stereocenters. The molecule has 42 heavy (non-hydrogen) atoms. The molecule has 1 saturated carbocycles. The van der Waals surface area contributed by atoms with Gasteiger partial charge in [0.1, 0.15) is 5.82 Å². The number of aromatic carboxylic acids is 1. The number of nitrogens with zero attached hydrogens (tertiary/aromatic N) is 3. The third-order valence-corrected chi connectivity index (χ3v) is 8.05. The van der Waals surface area contributed by atoms with E-state index in [9.17, 15) is 9.90 Å². The predicted molar refractivity (Wildman–Crippen MR) is 161 cm³/mol. The number of halogens is 3. The van der Waals surface area contributed by atoms with Crippen LogP contribution in [0.3, 0.4) is 0 Å². The van der Waals surface area contributed by atoms with Gasteiger partial charge in [-0.3, -0.25) is 4.68 Å². The molecule has 2 aromatic heterocycles. The molecule has 2 heterocycles. The van der Waals surface area contributed by atoms with E-state index >= 15 is 8.78 Å². The van der Waals surface area contributed by atoms with Gasteiger partial charge in [-0.05, 0) is 50.4 Å². The number of rotatable bonds is 11. The Morgan fingerprint density at radius 3 is 2.40 bits per heavy atom. The maximum Gasteiger partial charge on any atom is 1.00 e. The summed E-state index contributed by atoms with van der Waals surface area (Å²) in [6.07, 6.45) is 9.49. The molecule has 5 rings (SSSR count). The third kappa shape index (κ3) is 8.18. The minimum atomic E-state index is -1.59. The second kappa shape index (κ2) is 17.4. The standard InChI is InChI=1S/C27H27ClF2N4O2S.2C2H6.Na/c28-20-11-10-19-25(23(20)30)34(17-14-32-33(15-17)13-4-2-1-3-12-31)24(16-8-9-16)26(19)37-21-7-5-6-18(22(21)29)27(35)36;2*1-2;/h5-7,10-11,14-16H,1-4,8-9,12-13,31H2,(H,35,36);2*1-2H3;/q;;;+1/p-1. The quantitative estimate of drug-likeness (QED) is 0.192. The SMILES string of the molecule is CC.CC.NCCCCCCn1cc(-n2c(C3CC3)c(Sc3cccc(C(=O)[O-])c3F)c3ccc(Cl)c(F)c32)cn1.[Na+]. The van der Waals surface area contributed by atoms with Crippen molar-refractivity contribution in [2.75, 3.05) is 6.54 Å². The number of carbonyl (C=O) groups excluding carboxylic acids is 1. The summed E-state index contributed by atoms with van der Waals surface area (Å²) in [5.41, 5.74) is 6.91. The molecule has 11 heteroatoms. The van der Waals surface area contributed by atoms with Gasteiger partial charge in [0.15, 0.2) is 5.82 Å². The Balaban J connectivity index is 0.00000118. The van der Waals surface area contributed by atoms with E-state index in [1.807, 2.05) is 43.1 Å². The van der Waals surface area contributed by atoms with E-state index in [-0.39, 0.29) is 45.4 Å². The Morgan fingerprint density at radius 2 is 1.76 bits per heavy atom. The summed E-state index contributed by atoms with van der Waals surface area (Å²) in [6, 6.07) is 7.38. The van der Waals surface area contributed by atoms with Gasteiger partial charge in [0.25, 0.3) is 0 Å². The van der Waals surface area contributed by atoms with Crippen molar-refractivity contribution in [1.29, 1.82) is 0 Å². The van der Waals surface area contributed by atoms with Crippen LogP contribution in [0.2, 0.25) is 5.02 Å². The zero-order chi connectivity index (χ0) is 30.1. The van der Waals surface area contributed by atoms with E-state index in [0.717, 1.165) is 62.5 Å². The summed E-state index contributed by atoms with van der Waals surface area (Å²) in [5.74, 6) is -2.86. The van der Waals surface area contributed by atoms with Crippen LogP contribution in [0.4, 0.5) is 8.78 Å². The molecule has 2 aromatic carbocycles. The largest absolute Gasteiger partial charge is 1.00 e. The van der Waals surface area contributed by atoms with Crippen LogP contribution in [-0.2, 0) is 6.54 Å². The normalized spacial score (nSPS) is 12.2. The minimum absolute atomic E-state index is 0. The molecule has 222 valence electrons. The van der Waals surface area contributed by atoms with E-state index < -0.39 is 23.2 Å². The average molecular weight is 627 g/mol. The van der Waals surface area contributed by atoms with Crippen LogP contribution >= 0.6 is 23.4 Å². The maximum absolute atomic E-state index is 15.6. The van der Waals surface area contributed by atoms with Crippen LogP contribution in [-0.4, -0.2) is 26.9 Å². The van der Waals surface area contributed by atoms with Gasteiger partial charge in [0.05, 0.1) is 28.4 Å². The van der Waals surface area contributed by atoms with Gasteiger partial charge in [0, 0.05) is 45.1 Å². The summed E-state index contributed by atoms with van der Waals surface area (Å²) in [7, 11) is 0. The van der Waals surface area contributed by atoms with E-state index in [1.54, 1.807) is 12.3 Å². The van der Waals surface area contributed by atoms with Gasteiger partial charge in [-0.2, -0.15) is 5.10 Å². The first-order valence-electron chi connectivity index (χ1n) is 14.3. The summed E-state index contributed by atoms with van der Waals surface area (Å²) >= 11 is 7.30. The molecule has 1 aliphatic rings. The van der Waals surface area contributed by atoms with Crippen LogP contribution in [0.1, 0.15) is 88.2 Å². The number of benzene rings is 2. The van der Waals surface area contributed by atoms with Crippen molar-refractivity contribution in [3.63, 3.8) is 0 Å². The van der Waals surface area contributed by atoms with Crippen LogP contribution < -0.4 is 40.4 Å². The van der Waals surface area contributed by atoms with Crippen LogP contribution in [0.5, 0.6) is 0 Å². The summed E-state index contributed by atoms with van der Waals surface area (Å²) < 4.78 is 34.3. The average Bonchev–Trinajstić information content (AvgIpc) is 3.63. The summed E-state index contributed by atoms with van der Waals surface area (Å²) in [6.45, 7) is 9.42. The third-order valence-electron chi connectivity index (χ3n) is 6.59. The number of unbranched alkanes of at least 4 members (excludes halogenated alkanes) is 3. The summed E-state index contributed by atoms with van der Waals surface area (Å²) in [5, 5.41) is 16.5. The van der Waals surface area contributed by atoms with E-state index in [0.29, 0.717) is 28.0 Å². The Kier molecular flexibility index (Phi) is 15.1. The number of nitrogens with two attached hydrogens (primary N) is 1. The molecular weight excluding hydrogens is 589 g/mol. The summed E-state index contributed by atoms with van der Waals surface area (Å²) in [4.78, 5) is 12.2. The van der Waals surface area contributed by atoms with E-state index in [4.69, 9.17) is 17.3 Å². The number of hydrogen-bond donors (Lipinski definition) is 1. The van der Waals surface area contributed by atoms with Gasteiger partial charge >= 0.3 is 29.6 Å². The Labute approximate surface area is 278 Å². The molecule has 2 N–H and O–H groups in total. The van der Waals surface area contributed by atoms with Crippen molar-refractivity contribution < 1.29 is 48.2 Å². The van der Waals surface area contributed by atoms with Crippen molar-refractivity contribution in [3.8, 4) is 5.69 Å². The van der Waals surface area contributed by atoms with E-state index in [1.165, 1.54) is 24.3 Å². The first-order chi connectivity index (χ1) is 19.9. The van der Waals surface area contributed by atoms with Crippen LogP contribution in [0.15, 0.2) is 52.5 Å². The minimum Gasteiger partial charge on any atom is -0.545 e. The molecule has 0 amide bonds. The zero-order valence-electron chi connectivity index (χ0n) is 25.1. The van der Waals surface area contributed by atoms with Gasteiger partial charge < -0.3 is 20.2 Å². The maximum atomic E-state index is 15.6. The molecule has 4 aromatic rings. The van der Waals surface area contributed by atoms with Crippen molar-refractivity contribution in [2.24, 2.45) is 5.73 Å². The number of aromatic nitrogens is 3. The Hall–Kier alpha value is -1.88. The van der Waals surface area contributed by atoms with Crippen LogP contribution in [0.25, 0.3) is 16.6 Å². The van der Waals surface area contributed by atoms with Crippen molar-refractivity contribution >= 4 is 40.2 Å². The molecule has 6 nitrogen and oxygen atoms in total. The molecule has 0 aliphatic heterocycles. The second-order valence-electron chi connectivity index (χ2n) is 9.25. The molecule has 0 atom stereocenters. The number of carboxylic acid groups (broad SMARTS) is 1. The number of aryl methyl sites for hydroxylation is 1. The molecule has 1 fully saturated rings. The Morgan fingerprint density at radius 1 is 1.07 bits per heavy atom. The van der Waals surface area contributed by atoms with Crippen molar-refractivity contribution in [2.45, 2.75) is 88.5 Å². The first kappa shape index (κ1) is 36.3. The molecule has 1 aliphatic carbocycles. The van der Waals surface area contributed by atoms with Crippen molar-refractivity contribution in [3.05, 3.63) is 70.6 Å². The second-order valence-corrected chi connectivity index (χ2v) is 10.7. The van der Waals surface area contributed by atoms with Gasteiger partial charge in [-0.25, -0.2) is 8.78 Å². The fraction of sp³-hybridized carbons (Fsp3) is 0.419. The topological polar surface area (TPSA) is 88.9 Å². The monoisotopic (exact) mass is 626 g/mol. The zero-order valence-corrected chi connectivity index (χ0v) is 28.6. The van der Waals surface area contributed by atoms with Gasteiger partial charge in [-0.1, -0.05) is 76.0 Å². The smallest absolute Gasteiger partial charge is 0.545 e. The number of hydrogen-bond acceptors (Lipinski definition) is 5. The predicted octanol–water partition coefficient (Wildman–Crippen LogP) is 4.73. The molecule has 0 saturated heterocycles. The Bertz CT molecular complexity index is 1470. The fourth-order valence-electron chi connectivity index (χ4n) is 4.62. The molecular formula is C31H38ClF2N4NaO2S. The number of carboxylic acids is 1. The number of carbonyl (C=O) groups is 1. The fourth-order valence-corrected chi connectivity index (χ4v) is 5.98. The molecule has 0 radical (unpaired) electrons. The van der Waals surface area contributed by atoms with Crippen molar-refractivity contribution in [1.82, 2.24) is 14.3 Å². The van der Waals surface area contributed by atoms with Gasteiger partial charge in [-0.15, -0.1) is 0 Å². The van der Waals surface area contributed by atoms with Crippen LogP contribution in [0, 0.1) is 11.6 Å². The molecule has 0 bridgehead atoms. The number of fused-ring (bicyclic) bond motifs is 1. The molecule has 0 spiro atoms. The first-order valence-corrected chi connectivity index (χ1v) is 15.5. The van der Waals surface area contributed by atoms with E-state index in [2.05, 4.69) is 5.10 Å².